The van der Waals surface area contributed by atoms with Gasteiger partial charge in [0, 0.05) is 6.07 Å². The summed E-state index contributed by atoms with van der Waals surface area (Å²) in [5, 5.41) is 0.212. The monoisotopic (exact) mass is 270 g/mol. The molecule has 1 aromatic rings. The summed E-state index contributed by atoms with van der Waals surface area (Å²) in [6.07, 6.45) is -4.08. The first-order valence-corrected chi connectivity index (χ1v) is 4.65. The first-order valence-electron chi connectivity index (χ1n) is 3.90. The highest BCUT2D eigenvalue weighted by atomic mass is 35.5. The van der Waals surface area contributed by atoms with Crippen molar-refractivity contribution in [2.45, 2.75) is 6.11 Å². The van der Waals surface area contributed by atoms with Crippen LogP contribution >= 0.6 is 23.2 Å². The summed E-state index contributed by atoms with van der Waals surface area (Å²) in [6.45, 7) is 0. The molecule has 0 heterocycles. The van der Waals surface area contributed by atoms with Crippen LogP contribution in [0.15, 0.2) is 18.2 Å². The molecule has 0 saturated carbocycles. The fourth-order valence-corrected chi connectivity index (χ4v) is 1.11. The van der Waals surface area contributed by atoms with E-state index >= 15 is 0 Å². The average Bonchev–Trinajstić information content (AvgIpc) is 2.22. The number of hydrogen-bond acceptors (Lipinski definition) is 3. The predicted octanol–water partition coefficient (Wildman–Crippen LogP) is 1.95. The molecule has 0 aliphatic carbocycles. The van der Waals surface area contributed by atoms with E-state index in [4.69, 9.17) is 23.2 Å². The molecule has 0 unspecified atom stereocenters. The number of nitrogens with one attached hydrogen (secondary N) is 1. The fourth-order valence-electron chi connectivity index (χ4n) is 0.819. The minimum Gasteiger partial charge on any atom is -0.425 e. The molecule has 0 radical (unpaired) electrons. The van der Waals surface area contributed by atoms with E-state index in [1.165, 1.54) is 11.5 Å². The van der Waals surface area contributed by atoms with E-state index in [-0.39, 0.29) is 15.8 Å². The van der Waals surface area contributed by atoms with Crippen LogP contribution in [-0.4, -0.2) is 12.0 Å². The summed E-state index contributed by atoms with van der Waals surface area (Å²) < 4.78 is 30.0. The molecule has 0 saturated heterocycles. The zero-order valence-corrected chi connectivity index (χ0v) is 9.15. The second-order valence-electron chi connectivity index (χ2n) is 2.67. The van der Waals surface area contributed by atoms with Gasteiger partial charge in [-0.15, -0.1) is 0 Å². The molecule has 1 aromatic carbocycles. The number of carbonyl (C=O) groups is 1. The molecule has 1 rings (SSSR count). The Bertz CT molecular complexity index is 415. The number of benzene rings is 1. The standard InChI is InChI=1S/C8H6Cl2F2N2O2/c9-5-2-1-4(3-6(5)10)16-8(11,12)7(15)14-13/h1-3H,13H2,(H,14,15). The van der Waals surface area contributed by atoms with E-state index in [0.717, 1.165) is 12.1 Å². The Balaban J connectivity index is 2.88. The number of alkyl halides is 2. The highest BCUT2D eigenvalue weighted by Crippen LogP contribution is 2.29. The van der Waals surface area contributed by atoms with Gasteiger partial charge in [-0.2, -0.15) is 8.78 Å². The molecule has 16 heavy (non-hydrogen) atoms. The van der Waals surface area contributed by atoms with Crippen LogP contribution in [0.4, 0.5) is 8.78 Å². The van der Waals surface area contributed by atoms with E-state index in [1.807, 2.05) is 0 Å². The number of rotatable bonds is 3. The summed E-state index contributed by atoms with van der Waals surface area (Å²) in [7, 11) is 0. The molecular weight excluding hydrogens is 265 g/mol. The van der Waals surface area contributed by atoms with Gasteiger partial charge in [0.1, 0.15) is 5.75 Å². The minimum absolute atomic E-state index is 0.0307. The van der Waals surface area contributed by atoms with Gasteiger partial charge in [0.05, 0.1) is 10.0 Å². The maximum absolute atomic E-state index is 12.9. The fraction of sp³-hybridized carbons (Fsp3) is 0.125. The SMILES string of the molecule is NNC(=O)C(F)(F)Oc1ccc(Cl)c(Cl)c1. The minimum atomic E-state index is -4.08. The van der Waals surface area contributed by atoms with Gasteiger partial charge in [-0.05, 0) is 12.1 Å². The number of hydrazine groups is 1. The molecule has 0 bridgehead atoms. The first-order chi connectivity index (χ1) is 7.36. The van der Waals surface area contributed by atoms with Gasteiger partial charge >= 0.3 is 12.0 Å². The van der Waals surface area contributed by atoms with Crippen molar-refractivity contribution in [1.29, 1.82) is 0 Å². The van der Waals surface area contributed by atoms with Gasteiger partial charge < -0.3 is 4.74 Å². The van der Waals surface area contributed by atoms with Crippen LogP contribution in [0.3, 0.4) is 0 Å². The van der Waals surface area contributed by atoms with Gasteiger partial charge in [0.15, 0.2) is 0 Å². The number of ether oxygens (including phenoxy) is 1. The molecule has 8 heteroatoms. The molecule has 0 atom stereocenters. The summed E-state index contributed by atoms with van der Waals surface area (Å²) >= 11 is 11.1. The number of halogens is 4. The van der Waals surface area contributed by atoms with Crippen molar-refractivity contribution in [1.82, 2.24) is 5.43 Å². The Labute approximate surface area is 99.2 Å². The zero-order chi connectivity index (χ0) is 12.3. The third-order valence-corrected chi connectivity index (χ3v) is 2.27. The van der Waals surface area contributed by atoms with Gasteiger partial charge in [-0.1, -0.05) is 23.2 Å². The summed E-state index contributed by atoms with van der Waals surface area (Å²) in [5.74, 6) is 2.49. The van der Waals surface area contributed by atoms with Crippen LogP contribution in [0.1, 0.15) is 0 Å². The van der Waals surface area contributed by atoms with Crippen LogP contribution in [0.5, 0.6) is 5.75 Å². The lowest BCUT2D eigenvalue weighted by Gasteiger charge is -2.15. The van der Waals surface area contributed by atoms with Crippen molar-refractivity contribution in [2.24, 2.45) is 5.84 Å². The van der Waals surface area contributed by atoms with Gasteiger partial charge in [-0.3, -0.25) is 10.2 Å². The molecule has 4 nitrogen and oxygen atoms in total. The Morgan fingerprint density at radius 2 is 2.00 bits per heavy atom. The Hall–Kier alpha value is -1.11. The normalized spacial score (nSPS) is 11.1. The third kappa shape index (κ3) is 2.94. The van der Waals surface area contributed by atoms with Crippen molar-refractivity contribution < 1.29 is 18.3 Å². The van der Waals surface area contributed by atoms with Crippen molar-refractivity contribution in [3.05, 3.63) is 28.2 Å². The summed E-state index contributed by atoms with van der Waals surface area (Å²) in [6, 6.07) is 3.46. The lowest BCUT2D eigenvalue weighted by molar-refractivity contribution is -0.192. The van der Waals surface area contributed by atoms with Crippen LogP contribution in [0.2, 0.25) is 10.0 Å². The number of amides is 1. The van der Waals surface area contributed by atoms with Crippen LogP contribution in [-0.2, 0) is 4.79 Å². The average molecular weight is 271 g/mol. The smallest absolute Gasteiger partial charge is 0.425 e. The third-order valence-electron chi connectivity index (χ3n) is 1.53. The van der Waals surface area contributed by atoms with Crippen LogP contribution < -0.4 is 16.0 Å². The zero-order valence-electron chi connectivity index (χ0n) is 7.64. The predicted molar refractivity (Wildman–Crippen MR) is 54.4 cm³/mol. The molecular formula is C8H6Cl2F2N2O2. The molecule has 0 aliphatic heterocycles. The number of nitrogens with two attached hydrogens (primary N) is 1. The second-order valence-corrected chi connectivity index (χ2v) is 3.48. The Morgan fingerprint density at radius 1 is 1.38 bits per heavy atom. The maximum atomic E-state index is 12.9. The van der Waals surface area contributed by atoms with E-state index in [1.54, 1.807) is 0 Å². The molecule has 3 N–H and O–H groups in total. The van der Waals surface area contributed by atoms with Gasteiger partial charge in [0.25, 0.3) is 0 Å². The number of hydrogen-bond donors (Lipinski definition) is 2. The molecule has 1 amide bonds. The van der Waals surface area contributed by atoms with Crippen molar-refractivity contribution >= 4 is 29.1 Å². The van der Waals surface area contributed by atoms with E-state index < -0.39 is 12.0 Å². The van der Waals surface area contributed by atoms with Crippen LogP contribution in [0.25, 0.3) is 0 Å². The molecule has 0 aromatic heterocycles. The molecule has 0 spiro atoms. The Morgan fingerprint density at radius 3 is 2.50 bits per heavy atom. The number of carbonyl (C=O) groups excluding carboxylic acids is 1. The van der Waals surface area contributed by atoms with Crippen LogP contribution in [0, 0.1) is 0 Å². The van der Waals surface area contributed by atoms with Crippen molar-refractivity contribution in [3.8, 4) is 5.75 Å². The molecule has 0 fully saturated rings. The van der Waals surface area contributed by atoms with E-state index in [9.17, 15) is 13.6 Å². The highest BCUT2D eigenvalue weighted by molar-refractivity contribution is 6.42. The summed E-state index contributed by atoms with van der Waals surface area (Å²) in [4.78, 5) is 10.6. The lowest BCUT2D eigenvalue weighted by Crippen LogP contribution is -2.47. The first kappa shape index (κ1) is 13.0. The molecule has 88 valence electrons. The van der Waals surface area contributed by atoms with Crippen molar-refractivity contribution in [3.63, 3.8) is 0 Å². The lowest BCUT2D eigenvalue weighted by atomic mass is 10.3. The van der Waals surface area contributed by atoms with E-state index in [2.05, 4.69) is 10.6 Å². The maximum Gasteiger partial charge on any atom is 0.483 e. The highest BCUT2D eigenvalue weighted by Gasteiger charge is 2.41. The largest absolute Gasteiger partial charge is 0.483 e. The topological polar surface area (TPSA) is 64.3 Å². The summed E-state index contributed by atoms with van der Waals surface area (Å²) in [5.41, 5.74) is 1.28. The van der Waals surface area contributed by atoms with Gasteiger partial charge in [-0.25, -0.2) is 5.84 Å². The quantitative estimate of drug-likeness (QED) is 0.501. The van der Waals surface area contributed by atoms with E-state index in [0.29, 0.717) is 0 Å². The van der Waals surface area contributed by atoms with Crippen molar-refractivity contribution in [2.75, 3.05) is 0 Å². The second kappa shape index (κ2) is 4.82. The van der Waals surface area contributed by atoms with Gasteiger partial charge in [0.2, 0.25) is 0 Å². The Kier molecular flexibility index (Phi) is 3.90. The molecule has 0 aliphatic rings.